The maximum absolute atomic E-state index is 15.6. The number of hydrogen-bond acceptors (Lipinski definition) is 6. The van der Waals surface area contributed by atoms with Crippen LogP contribution in [0.3, 0.4) is 0 Å². The maximum atomic E-state index is 15.6. The Balaban J connectivity index is 1.54. The highest BCUT2D eigenvalue weighted by Gasteiger charge is 2.59. The first-order valence-corrected chi connectivity index (χ1v) is 20.2. The second kappa shape index (κ2) is 14.7. The molecule has 0 bridgehead atoms. The van der Waals surface area contributed by atoms with Crippen molar-refractivity contribution in [3.8, 4) is 11.1 Å². The molecule has 1 aliphatic rings. The Bertz CT molecular complexity index is 2250. The summed E-state index contributed by atoms with van der Waals surface area (Å²) >= 11 is 6.90. The van der Waals surface area contributed by atoms with Crippen LogP contribution in [0.25, 0.3) is 22.0 Å². The van der Waals surface area contributed by atoms with Gasteiger partial charge in [-0.25, -0.2) is 13.6 Å². The number of ether oxygens (including phenoxy) is 2. The predicted octanol–water partition coefficient (Wildman–Crippen LogP) is 8.27. The number of aromatic amines is 2. The third-order valence-electron chi connectivity index (χ3n) is 10.1. The summed E-state index contributed by atoms with van der Waals surface area (Å²) in [5, 5.41) is 0.534. The molecule has 1 heterocycles. The summed E-state index contributed by atoms with van der Waals surface area (Å²) in [6, 6.07) is 21.5. The van der Waals surface area contributed by atoms with Gasteiger partial charge in [0.05, 0.1) is 21.5 Å². The fourth-order valence-corrected chi connectivity index (χ4v) is 13.8. The van der Waals surface area contributed by atoms with Gasteiger partial charge < -0.3 is 18.9 Å². The van der Waals surface area contributed by atoms with E-state index < -0.39 is 80.7 Å². The van der Waals surface area contributed by atoms with Gasteiger partial charge in [0, 0.05) is 66.9 Å². The van der Waals surface area contributed by atoms with E-state index in [0.29, 0.717) is 12.1 Å². The second-order valence-corrected chi connectivity index (χ2v) is 20.3. The number of alkyl halides is 3. The van der Waals surface area contributed by atoms with Gasteiger partial charge in [0.1, 0.15) is 11.6 Å². The summed E-state index contributed by atoms with van der Waals surface area (Å²) in [5.41, 5.74) is -5.85. The molecule has 1 fully saturated rings. The molecule has 286 valence electrons. The Morgan fingerprint density at radius 1 is 0.852 bits per heavy atom. The highest BCUT2D eigenvalue weighted by Crippen LogP contribution is 2.56. The molecule has 6 rings (SSSR count). The molecule has 15 heteroatoms. The van der Waals surface area contributed by atoms with E-state index in [4.69, 9.17) is 25.5 Å². The number of nitrogens with one attached hydrogen (secondary N) is 2. The van der Waals surface area contributed by atoms with Crippen molar-refractivity contribution in [2.24, 2.45) is 5.41 Å². The smallest absolute Gasteiger partial charge is 0.407 e. The molecule has 1 aliphatic carbocycles. The average Bonchev–Trinajstić information content (AvgIpc) is 3.10. The van der Waals surface area contributed by atoms with E-state index in [9.17, 15) is 27.2 Å². The van der Waals surface area contributed by atoms with Gasteiger partial charge in [-0.05, 0) is 27.5 Å². The first-order valence-electron chi connectivity index (χ1n) is 16.9. The summed E-state index contributed by atoms with van der Waals surface area (Å²) in [5.74, 6) is -3.47. The number of aromatic nitrogens is 2. The standard InChI is InChI=1S/C39H38ClF5N2O5SSi/c1-36(2,3)54(23-12-8-6-9-13-23,24-14-10-7-11-15-24)52-21-37(19-38(20-37,50-4)51-5)22-53-33-31(25-17-28(40)30(42)18-29(25)41)27(39(43,44)45)16-26-32(33)46-35(49)47-34(26)48/h6-18H,19-22H2,1-5H3,(H2,46,47,48,49). The monoisotopic (exact) mass is 804 g/mol. The minimum Gasteiger partial charge on any atom is -0.407 e. The third-order valence-corrected chi connectivity index (χ3v) is 16.9. The molecular formula is C39H38ClF5N2O5SSi. The van der Waals surface area contributed by atoms with Gasteiger partial charge in [0.2, 0.25) is 0 Å². The van der Waals surface area contributed by atoms with Crippen molar-refractivity contribution in [2.75, 3.05) is 26.6 Å². The fourth-order valence-electron chi connectivity index (χ4n) is 7.58. The second-order valence-electron chi connectivity index (χ2n) is 14.6. The van der Waals surface area contributed by atoms with Crippen molar-refractivity contribution in [2.45, 2.75) is 55.5 Å². The molecule has 4 aromatic carbocycles. The minimum atomic E-state index is -5.11. The quantitative estimate of drug-likeness (QED) is 0.0460. The van der Waals surface area contributed by atoms with Crippen molar-refractivity contribution in [3.05, 3.63) is 122 Å². The maximum Gasteiger partial charge on any atom is 0.417 e. The van der Waals surface area contributed by atoms with Crippen LogP contribution in [0.15, 0.2) is 93.3 Å². The molecule has 0 unspecified atom stereocenters. The Hall–Kier alpha value is -3.79. The number of H-pyrrole nitrogens is 2. The molecule has 0 saturated heterocycles. The van der Waals surface area contributed by atoms with E-state index in [-0.39, 0.29) is 35.6 Å². The first-order chi connectivity index (χ1) is 25.4. The van der Waals surface area contributed by atoms with E-state index in [2.05, 4.69) is 25.8 Å². The Labute approximate surface area is 318 Å². The molecular weight excluding hydrogens is 767 g/mol. The lowest BCUT2D eigenvalue weighted by atomic mass is 9.66. The molecule has 0 aliphatic heterocycles. The lowest BCUT2D eigenvalue weighted by molar-refractivity contribution is -0.296. The van der Waals surface area contributed by atoms with Crippen LogP contribution in [-0.4, -0.2) is 50.7 Å². The van der Waals surface area contributed by atoms with E-state index in [1.807, 2.05) is 65.6 Å². The van der Waals surface area contributed by atoms with E-state index >= 15 is 4.39 Å². The van der Waals surface area contributed by atoms with E-state index in [0.717, 1.165) is 28.2 Å². The molecule has 7 nitrogen and oxygen atoms in total. The van der Waals surface area contributed by atoms with Crippen LogP contribution in [0, 0.1) is 17.0 Å². The molecule has 0 radical (unpaired) electrons. The van der Waals surface area contributed by atoms with Gasteiger partial charge >= 0.3 is 11.9 Å². The lowest BCUT2D eigenvalue weighted by Gasteiger charge is -2.55. The Kier molecular flexibility index (Phi) is 10.9. The SMILES string of the molecule is COC1(OC)CC(CO[Si](c2ccccc2)(c2ccccc2)C(C)(C)C)(CSc2c(-c3cc(Cl)c(F)cc3F)c(C(F)(F)F)cc3c(=O)[nH]c(=O)[nH]c23)C1. The van der Waals surface area contributed by atoms with Gasteiger partial charge in [-0.1, -0.05) is 93.0 Å². The minimum absolute atomic E-state index is 0.0501. The van der Waals surface area contributed by atoms with Crippen molar-refractivity contribution >= 4 is 53.0 Å². The van der Waals surface area contributed by atoms with Crippen molar-refractivity contribution in [1.82, 2.24) is 9.97 Å². The van der Waals surface area contributed by atoms with Gasteiger partial charge in [-0.15, -0.1) is 11.8 Å². The molecule has 1 aromatic heterocycles. The van der Waals surface area contributed by atoms with Gasteiger partial charge in [0.25, 0.3) is 13.9 Å². The Morgan fingerprint density at radius 2 is 1.43 bits per heavy atom. The number of methoxy groups -OCH3 is 2. The summed E-state index contributed by atoms with van der Waals surface area (Å²) in [6.45, 7) is 6.47. The molecule has 1 saturated carbocycles. The number of fused-ring (bicyclic) bond motifs is 1. The molecule has 5 aromatic rings. The molecule has 0 spiro atoms. The highest BCUT2D eigenvalue weighted by atomic mass is 35.5. The van der Waals surface area contributed by atoms with Gasteiger partial charge in [-0.2, -0.15) is 13.2 Å². The molecule has 0 atom stereocenters. The number of rotatable bonds is 11. The summed E-state index contributed by atoms with van der Waals surface area (Å²) in [4.78, 5) is 29.8. The topological polar surface area (TPSA) is 93.4 Å². The summed E-state index contributed by atoms with van der Waals surface area (Å²) < 4.78 is 93.6. The first kappa shape index (κ1) is 39.9. The van der Waals surface area contributed by atoms with Crippen molar-refractivity contribution in [3.63, 3.8) is 0 Å². The Morgan fingerprint density at radius 3 is 1.94 bits per heavy atom. The van der Waals surface area contributed by atoms with Crippen LogP contribution in [0.5, 0.6) is 0 Å². The molecule has 2 N–H and O–H groups in total. The molecule has 54 heavy (non-hydrogen) atoms. The number of hydrogen-bond donors (Lipinski definition) is 2. The van der Waals surface area contributed by atoms with Gasteiger partial charge in [-0.3, -0.25) is 9.78 Å². The van der Waals surface area contributed by atoms with Crippen LogP contribution in [0.1, 0.15) is 39.2 Å². The molecule has 0 amide bonds. The summed E-state index contributed by atoms with van der Waals surface area (Å²) in [7, 11) is -0.124. The largest absolute Gasteiger partial charge is 0.417 e. The zero-order valence-corrected chi connectivity index (χ0v) is 32.6. The normalized spacial score (nSPS) is 15.7. The van der Waals surface area contributed by atoms with Crippen LogP contribution < -0.4 is 21.6 Å². The number of benzene rings is 4. The fraction of sp³-hybridized carbons (Fsp3) is 0.333. The van der Waals surface area contributed by atoms with Gasteiger partial charge in [0.15, 0.2) is 5.79 Å². The highest BCUT2D eigenvalue weighted by molar-refractivity contribution is 7.99. The average molecular weight is 805 g/mol. The summed E-state index contributed by atoms with van der Waals surface area (Å²) in [6.07, 6.45) is -4.59. The third kappa shape index (κ3) is 7.19. The van der Waals surface area contributed by atoms with E-state index in [1.165, 1.54) is 14.2 Å². The van der Waals surface area contributed by atoms with Crippen LogP contribution in [0.2, 0.25) is 10.1 Å². The zero-order chi connectivity index (χ0) is 39.3. The predicted molar refractivity (Wildman–Crippen MR) is 203 cm³/mol. The number of halogens is 6. The number of thioether (sulfide) groups is 1. The van der Waals surface area contributed by atoms with Crippen LogP contribution >= 0.6 is 23.4 Å². The van der Waals surface area contributed by atoms with Crippen LogP contribution in [-0.2, 0) is 20.1 Å². The van der Waals surface area contributed by atoms with E-state index in [1.54, 1.807) is 0 Å². The van der Waals surface area contributed by atoms with Crippen molar-refractivity contribution in [1.29, 1.82) is 0 Å². The lowest BCUT2D eigenvalue weighted by Crippen LogP contribution is -2.68. The zero-order valence-electron chi connectivity index (χ0n) is 30.1. The van der Waals surface area contributed by atoms with Crippen molar-refractivity contribution < 1.29 is 35.9 Å². The van der Waals surface area contributed by atoms with Crippen LogP contribution in [0.4, 0.5) is 22.0 Å².